The quantitative estimate of drug-likeness (QED) is 0.797. The number of rotatable bonds is 3. The molecule has 1 aliphatic rings. The van der Waals surface area contributed by atoms with Crippen molar-refractivity contribution < 1.29 is 23.4 Å². The summed E-state index contributed by atoms with van der Waals surface area (Å²) in [6, 6.07) is 11.3. The van der Waals surface area contributed by atoms with Gasteiger partial charge in [0, 0.05) is 19.0 Å². The van der Waals surface area contributed by atoms with Gasteiger partial charge in [-0.3, -0.25) is 0 Å². The number of halogens is 2. The van der Waals surface area contributed by atoms with E-state index in [0.29, 0.717) is 30.5 Å². The molecule has 1 unspecified atom stereocenters. The summed E-state index contributed by atoms with van der Waals surface area (Å²) in [4.78, 5) is 14.2. The minimum Gasteiger partial charge on any atom is -0.444 e. The molecule has 6 heteroatoms. The highest BCUT2D eigenvalue weighted by Gasteiger charge is 2.43. The monoisotopic (exact) mass is 403 g/mol. The molecule has 0 aromatic heterocycles. The summed E-state index contributed by atoms with van der Waals surface area (Å²) in [7, 11) is 0. The zero-order valence-electron chi connectivity index (χ0n) is 17.0. The Balaban J connectivity index is 1.96. The van der Waals surface area contributed by atoms with Crippen LogP contribution in [0.5, 0.6) is 0 Å². The molecule has 0 aliphatic carbocycles. The molecule has 3 rings (SSSR count). The van der Waals surface area contributed by atoms with Gasteiger partial charge in [-0.05, 0) is 69.0 Å². The fraction of sp³-hybridized carbons (Fsp3) is 0.435. The first-order valence-electron chi connectivity index (χ1n) is 9.82. The van der Waals surface area contributed by atoms with Gasteiger partial charge in [0.2, 0.25) is 0 Å². The lowest BCUT2D eigenvalue weighted by atomic mass is 9.73. The number of hydrogen-bond acceptors (Lipinski definition) is 3. The summed E-state index contributed by atoms with van der Waals surface area (Å²) < 4.78 is 32.5. The molecule has 0 radical (unpaired) electrons. The zero-order chi connectivity index (χ0) is 21.2. The van der Waals surface area contributed by atoms with Gasteiger partial charge in [-0.15, -0.1) is 0 Å². The molecule has 1 amide bonds. The van der Waals surface area contributed by atoms with Crippen LogP contribution >= 0.6 is 0 Å². The number of piperidine rings is 1. The van der Waals surface area contributed by atoms with Crippen LogP contribution in [0.2, 0.25) is 0 Å². The van der Waals surface area contributed by atoms with Crippen LogP contribution in [0.1, 0.15) is 44.7 Å². The largest absolute Gasteiger partial charge is 0.444 e. The Morgan fingerprint density at radius 3 is 1.93 bits per heavy atom. The van der Waals surface area contributed by atoms with Gasteiger partial charge in [-0.25, -0.2) is 13.6 Å². The molecule has 156 valence electrons. The van der Waals surface area contributed by atoms with E-state index in [9.17, 15) is 18.7 Å². The number of hydrogen-bond donors (Lipinski definition) is 1. The number of amides is 1. The Labute approximate surface area is 170 Å². The molecule has 4 nitrogen and oxygen atoms in total. The Morgan fingerprint density at radius 1 is 1.00 bits per heavy atom. The van der Waals surface area contributed by atoms with Gasteiger partial charge >= 0.3 is 6.09 Å². The van der Waals surface area contributed by atoms with Gasteiger partial charge in [0.25, 0.3) is 0 Å². The first-order chi connectivity index (χ1) is 13.6. The van der Waals surface area contributed by atoms with Gasteiger partial charge in [0.15, 0.2) is 0 Å². The molecule has 1 N–H and O–H groups in total. The van der Waals surface area contributed by atoms with Crippen molar-refractivity contribution >= 4 is 6.09 Å². The fourth-order valence-electron chi connectivity index (χ4n) is 3.86. The number of benzene rings is 2. The van der Waals surface area contributed by atoms with E-state index >= 15 is 0 Å². The molecule has 1 saturated heterocycles. The molecule has 0 spiro atoms. The van der Waals surface area contributed by atoms with E-state index in [2.05, 4.69) is 0 Å². The average molecular weight is 403 g/mol. The van der Waals surface area contributed by atoms with Crippen LogP contribution in [-0.2, 0) is 10.3 Å². The fourth-order valence-corrected chi connectivity index (χ4v) is 3.86. The lowest BCUT2D eigenvalue weighted by Crippen LogP contribution is -2.49. The third-order valence-corrected chi connectivity index (χ3v) is 5.23. The Hall–Kier alpha value is -2.47. The number of likely N-dealkylation sites (tertiary alicyclic amines) is 1. The van der Waals surface area contributed by atoms with Crippen LogP contribution < -0.4 is 0 Å². The molecule has 1 fully saturated rings. The predicted molar refractivity (Wildman–Crippen MR) is 106 cm³/mol. The standard InChI is InChI=1S/C23H27F2NO3/c1-22(2,3)29-21(27)26-14-4-5-18(15-26)23(28,16-6-10-19(24)11-7-16)17-8-12-20(25)13-9-17/h6-13,18,28H,4-5,14-15H2,1-3H3. The summed E-state index contributed by atoms with van der Waals surface area (Å²) >= 11 is 0. The average Bonchev–Trinajstić information content (AvgIpc) is 2.67. The highest BCUT2D eigenvalue weighted by atomic mass is 19.1. The summed E-state index contributed by atoms with van der Waals surface area (Å²) in [6.07, 6.45) is 0.918. The van der Waals surface area contributed by atoms with E-state index in [1.54, 1.807) is 25.7 Å². The van der Waals surface area contributed by atoms with Crippen molar-refractivity contribution in [2.75, 3.05) is 13.1 Å². The van der Waals surface area contributed by atoms with Gasteiger partial charge in [0.05, 0.1) is 0 Å². The number of nitrogens with zero attached hydrogens (tertiary/aromatic N) is 1. The first-order valence-corrected chi connectivity index (χ1v) is 9.82. The maximum Gasteiger partial charge on any atom is 0.410 e. The molecular weight excluding hydrogens is 376 g/mol. The summed E-state index contributed by atoms with van der Waals surface area (Å²) in [5, 5.41) is 11.9. The Kier molecular flexibility index (Phi) is 5.94. The maximum atomic E-state index is 13.5. The van der Waals surface area contributed by atoms with Crippen molar-refractivity contribution in [3.63, 3.8) is 0 Å². The maximum absolute atomic E-state index is 13.5. The highest BCUT2D eigenvalue weighted by Crippen LogP contribution is 2.41. The molecule has 0 bridgehead atoms. The van der Waals surface area contributed by atoms with Crippen molar-refractivity contribution in [3.8, 4) is 0 Å². The van der Waals surface area contributed by atoms with Gasteiger partial charge < -0.3 is 14.7 Å². The zero-order valence-corrected chi connectivity index (χ0v) is 17.0. The number of aliphatic hydroxyl groups is 1. The van der Waals surface area contributed by atoms with Crippen LogP contribution in [0.4, 0.5) is 13.6 Å². The van der Waals surface area contributed by atoms with Crippen LogP contribution in [-0.4, -0.2) is 34.8 Å². The third kappa shape index (κ3) is 4.75. The van der Waals surface area contributed by atoms with Crippen LogP contribution in [0.15, 0.2) is 48.5 Å². The van der Waals surface area contributed by atoms with E-state index in [0.717, 1.165) is 0 Å². The van der Waals surface area contributed by atoms with E-state index in [1.165, 1.54) is 48.5 Å². The van der Waals surface area contributed by atoms with Crippen molar-refractivity contribution in [1.82, 2.24) is 4.90 Å². The minimum atomic E-state index is -1.50. The van der Waals surface area contributed by atoms with Crippen molar-refractivity contribution in [3.05, 3.63) is 71.3 Å². The summed E-state index contributed by atoms with van der Waals surface area (Å²) in [6.45, 7) is 6.23. The molecule has 1 heterocycles. The second-order valence-corrected chi connectivity index (χ2v) is 8.55. The lowest BCUT2D eigenvalue weighted by Gasteiger charge is -2.43. The molecule has 1 aliphatic heterocycles. The van der Waals surface area contributed by atoms with Crippen molar-refractivity contribution in [2.45, 2.75) is 44.8 Å². The topological polar surface area (TPSA) is 49.8 Å². The van der Waals surface area contributed by atoms with Gasteiger partial charge in [-0.2, -0.15) is 0 Å². The molecule has 2 aromatic rings. The minimum absolute atomic E-state index is 0.278. The molecule has 29 heavy (non-hydrogen) atoms. The third-order valence-electron chi connectivity index (χ3n) is 5.23. The second kappa shape index (κ2) is 8.11. The molecular formula is C23H27F2NO3. The molecule has 2 aromatic carbocycles. The smallest absolute Gasteiger partial charge is 0.410 e. The van der Waals surface area contributed by atoms with E-state index < -0.39 is 28.9 Å². The van der Waals surface area contributed by atoms with E-state index in [4.69, 9.17) is 4.74 Å². The van der Waals surface area contributed by atoms with Crippen LogP contribution in [0, 0.1) is 17.6 Å². The van der Waals surface area contributed by atoms with Crippen molar-refractivity contribution in [1.29, 1.82) is 0 Å². The first kappa shape index (κ1) is 21.2. The Morgan fingerprint density at radius 2 is 1.48 bits per heavy atom. The number of carbonyl (C=O) groups is 1. The normalized spacial score (nSPS) is 17.9. The summed E-state index contributed by atoms with van der Waals surface area (Å²) in [5.41, 5.74) is -1.11. The number of ether oxygens (including phenoxy) is 1. The number of carbonyl (C=O) groups excluding carboxylic acids is 1. The SMILES string of the molecule is CC(C)(C)OC(=O)N1CCCC(C(O)(c2ccc(F)cc2)c2ccc(F)cc2)C1. The van der Waals surface area contributed by atoms with Crippen LogP contribution in [0.3, 0.4) is 0 Å². The van der Waals surface area contributed by atoms with Crippen molar-refractivity contribution in [2.24, 2.45) is 5.92 Å². The second-order valence-electron chi connectivity index (χ2n) is 8.55. The van der Waals surface area contributed by atoms with Crippen LogP contribution in [0.25, 0.3) is 0 Å². The highest BCUT2D eigenvalue weighted by molar-refractivity contribution is 5.68. The summed E-state index contributed by atoms with van der Waals surface area (Å²) in [5.74, 6) is -1.18. The Bertz CT molecular complexity index is 798. The lowest BCUT2D eigenvalue weighted by molar-refractivity contribution is -0.0301. The van der Waals surface area contributed by atoms with E-state index in [-0.39, 0.29) is 12.5 Å². The van der Waals surface area contributed by atoms with Gasteiger partial charge in [0.1, 0.15) is 22.8 Å². The van der Waals surface area contributed by atoms with Gasteiger partial charge in [-0.1, -0.05) is 24.3 Å². The molecule has 1 atom stereocenters. The predicted octanol–water partition coefficient (Wildman–Crippen LogP) is 4.85. The molecule has 0 saturated carbocycles. The van der Waals surface area contributed by atoms with E-state index in [1.807, 2.05) is 0 Å².